The van der Waals surface area contributed by atoms with E-state index in [4.69, 9.17) is 9.47 Å². The Hall–Kier alpha value is -2.63. The summed E-state index contributed by atoms with van der Waals surface area (Å²) in [5, 5.41) is 9.49. The second-order valence-electron chi connectivity index (χ2n) is 6.63. The molecule has 0 saturated carbocycles. The molecule has 6 nitrogen and oxygen atoms in total. The van der Waals surface area contributed by atoms with Crippen LogP contribution < -0.4 is 0 Å². The molecule has 0 amide bonds. The summed E-state index contributed by atoms with van der Waals surface area (Å²) < 4.78 is 11.0. The average Bonchev–Trinajstić information content (AvgIpc) is 2.85. The molecule has 1 N–H and O–H groups in total. The lowest BCUT2D eigenvalue weighted by Crippen LogP contribution is -2.34. The largest absolute Gasteiger partial charge is 0.478 e. The number of carboxylic acid groups (broad SMARTS) is 1. The van der Waals surface area contributed by atoms with E-state index in [0.29, 0.717) is 18.4 Å². The number of carbonyl (C=O) groups excluding carboxylic acids is 2. The molecule has 2 aliphatic rings. The molecular weight excluding hydrogens is 336 g/mol. The number of allylic oxidation sites excluding steroid dienone is 3. The average molecular weight is 360 g/mol. The standard InChI is InChI=1S/C20H24O6/c1-5-12(3)19(23)25-16-10-14(18(21)22)8-6-7-11(2)9-15-17(16)13(4)20(24)26-15/h5,8-9,15-17H,4,6-7,10H2,1-3H3,(H,21,22)/t15-,16-,17+/m1/s1. The lowest BCUT2D eigenvalue weighted by molar-refractivity contribution is -0.148. The fourth-order valence-corrected chi connectivity index (χ4v) is 3.08. The SMILES string of the molecule is C=C1C(=O)O[C@@H]2C=C(C)CCC=C(C(=O)O)C[C@@H](OC(=O)C(C)=CC)[C@@H]12. The molecule has 1 fully saturated rings. The Morgan fingerprint density at radius 1 is 1.42 bits per heavy atom. The molecule has 0 radical (unpaired) electrons. The number of hydrogen-bond acceptors (Lipinski definition) is 5. The van der Waals surface area contributed by atoms with Crippen LogP contribution in [0.25, 0.3) is 0 Å². The highest BCUT2D eigenvalue weighted by Crippen LogP contribution is 2.36. The molecule has 1 aliphatic carbocycles. The lowest BCUT2D eigenvalue weighted by Gasteiger charge is -2.27. The van der Waals surface area contributed by atoms with Crippen LogP contribution in [0, 0.1) is 5.92 Å². The summed E-state index contributed by atoms with van der Waals surface area (Å²) in [7, 11) is 0. The first-order valence-corrected chi connectivity index (χ1v) is 8.57. The van der Waals surface area contributed by atoms with E-state index in [2.05, 4.69) is 6.58 Å². The van der Waals surface area contributed by atoms with E-state index >= 15 is 0 Å². The van der Waals surface area contributed by atoms with Gasteiger partial charge in [0.1, 0.15) is 12.2 Å². The van der Waals surface area contributed by atoms with Gasteiger partial charge in [0, 0.05) is 23.1 Å². The molecule has 26 heavy (non-hydrogen) atoms. The highest BCUT2D eigenvalue weighted by atomic mass is 16.6. The van der Waals surface area contributed by atoms with Crippen LogP contribution in [-0.2, 0) is 23.9 Å². The first-order valence-electron chi connectivity index (χ1n) is 8.57. The third-order valence-electron chi connectivity index (χ3n) is 4.75. The van der Waals surface area contributed by atoms with E-state index in [1.807, 2.05) is 13.0 Å². The van der Waals surface area contributed by atoms with Gasteiger partial charge in [-0.2, -0.15) is 0 Å². The van der Waals surface area contributed by atoms with Crippen molar-refractivity contribution in [3.63, 3.8) is 0 Å². The Bertz CT molecular complexity index is 725. The van der Waals surface area contributed by atoms with Crippen molar-refractivity contribution in [3.05, 3.63) is 47.1 Å². The third kappa shape index (κ3) is 4.31. The molecule has 6 heteroatoms. The number of carbonyl (C=O) groups is 3. The molecule has 0 unspecified atom stereocenters. The summed E-state index contributed by atoms with van der Waals surface area (Å²) in [6.07, 6.45) is 4.81. The van der Waals surface area contributed by atoms with Gasteiger partial charge in [-0.3, -0.25) is 0 Å². The van der Waals surface area contributed by atoms with Crippen molar-refractivity contribution in [2.75, 3.05) is 0 Å². The van der Waals surface area contributed by atoms with Crippen molar-refractivity contribution in [2.24, 2.45) is 5.92 Å². The predicted molar refractivity (Wildman–Crippen MR) is 95.1 cm³/mol. The number of hydrogen-bond donors (Lipinski definition) is 1. The van der Waals surface area contributed by atoms with E-state index in [9.17, 15) is 19.5 Å². The lowest BCUT2D eigenvalue weighted by atomic mass is 9.85. The van der Waals surface area contributed by atoms with Crippen molar-refractivity contribution in [3.8, 4) is 0 Å². The van der Waals surface area contributed by atoms with Gasteiger partial charge in [0.25, 0.3) is 0 Å². The van der Waals surface area contributed by atoms with Crippen molar-refractivity contribution in [1.82, 2.24) is 0 Å². The Balaban J connectivity index is 2.46. The maximum atomic E-state index is 12.3. The van der Waals surface area contributed by atoms with Crippen molar-refractivity contribution >= 4 is 17.9 Å². The quantitative estimate of drug-likeness (QED) is 0.472. The monoisotopic (exact) mass is 360 g/mol. The van der Waals surface area contributed by atoms with Crippen LogP contribution in [0.3, 0.4) is 0 Å². The molecule has 2 rings (SSSR count). The van der Waals surface area contributed by atoms with E-state index < -0.39 is 36.0 Å². The maximum Gasteiger partial charge on any atom is 0.334 e. The minimum atomic E-state index is -1.07. The first-order chi connectivity index (χ1) is 12.2. The molecule has 1 saturated heterocycles. The van der Waals surface area contributed by atoms with E-state index in [0.717, 1.165) is 5.57 Å². The fraction of sp³-hybridized carbons (Fsp3) is 0.450. The van der Waals surface area contributed by atoms with Crippen LogP contribution in [-0.4, -0.2) is 35.2 Å². The van der Waals surface area contributed by atoms with Crippen LogP contribution in [0.1, 0.15) is 40.0 Å². The molecule has 1 aliphatic heterocycles. The number of esters is 2. The van der Waals surface area contributed by atoms with Gasteiger partial charge in [-0.15, -0.1) is 0 Å². The van der Waals surface area contributed by atoms with Gasteiger partial charge in [0.2, 0.25) is 0 Å². The van der Waals surface area contributed by atoms with Crippen LogP contribution in [0.5, 0.6) is 0 Å². The molecule has 0 aromatic carbocycles. The van der Waals surface area contributed by atoms with Gasteiger partial charge in [-0.25, -0.2) is 14.4 Å². The molecular formula is C20H24O6. The minimum Gasteiger partial charge on any atom is -0.478 e. The fourth-order valence-electron chi connectivity index (χ4n) is 3.08. The van der Waals surface area contributed by atoms with Crippen LogP contribution in [0.2, 0.25) is 0 Å². The van der Waals surface area contributed by atoms with E-state index in [1.54, 1.807) is 26.0 Å². The summed E-state index contributed by atoms with van der Waals surface area (Å²) >= 11 is 0. The second kappa shape index (κ2) is 8.17. The zero-order chi connectivity index (χ0) is 19.4. The van der Waals surface area contributed by atoms with Crippen molar-refractivity contribution < 1.29 is 29.0 Å². The van der Waals surface area contributed by atoms with Crippen LogP contribution in [0.4, 0.5) is 0 Å². The van der Waals surface area contributed by atoms with Gasteiger partial charge in [0.05, 0.1) is 5.92 Å². The summed E-state index contributed by atoms with van der Waals surface area (Å²) in [5.74, 6) is -2.78. The van der Waals surface area contributed by atoms with Gasteiger partial charge in [0.15, 0.2) is 0 Å². The number of fused-ring (bicyclic) bond motifs is 1. The summed E-state index contributed by atoms with van der Waals surface area (Å²) in [4.78, 5) is 35.9. The topological polar surface area (TPSA) is 89.9 Å². The van der Waals surface area contributed by atoms with Gasteiger partial charge >= 0.3 is 17.9 Å². The van der Waals surface area contributed by atoms with Gasteiger partial charge in [-0.1, -0.05) is 24.3 Å². The highest BCUT2D eigenvalue weighted by Gasteiger charge is 2.45. The number of rotatable bonds is 3. The summed E-state index contributed by atoms with van der Waals surface area (Å²) in [6.45, 7) is 9.01. The second-order valence-corrected chi connectivity index (χ2v) is 6.63. The van der Waals surface area contributed by atoms with Crippen LogP contribution in [0.15, 0.2) is 47.1 Å². The molecule has 0 aromatic heterocycles. The van der Waals surface area contributed by atoms with E-state index in [-0.39, 0.29) is 17.6 Å². The maximum absolute atomic E-state index is 12.3. The highest BCUT2D eigenvalue weighted by molar-refractivity contribution is 5.92. The van der Waals surface area contributed by atoms with Gasteiger partial charge < -0.3 is 14.6 Å². The predicted octanol–water partition coefficient (Wildman–Crippen LogP) is 3.10. The smallest absolute Gasteiger partial charge is 0.334 e. The number of carboxylic acids is 1. The van der Waals surface area contributed by atoms with Crippen molar-refractivity contribution in [2.45, 2.75) is 52.2 Å². The third-order valence-corrected chi connectivity index (χ3v) is 4.75. The zero-order valence-corrected chi connectivity index (χ0v) is 15.3. The molecule has 0 spiro atoms. The molecule has 3 atom stereocenters. The Morgan fingerprint density at radius 2 is 2.12 bits per heavy atom. The number of aliphatic carboxylic acids is 1. The van der Waals surface area contributed by atoms with E-state index in [1.165, 1.54) is 0 Å². The zero-order valence-electron chi connectivity index (χ0n) is 15.3. The Morgan fingerprint density at radius 3 is 2.73 bits per heavy atom. The Kier molecular flexibility index (Phi) is 6.18. The van der Waals surface area contributed by atoms with Crippen LogP contribution >= 0.6 is 0 Å². The number of ether oxygens (including phenoxy) is 2. The normalized spacial score (nSPS) is 27.0. The molecule has 0 aromatic rings. The summed E-state index contributed by atoms with van der Waals surface area (Å²) in [5.41, 5.74) is 1.73. The molecule has 140 valence electrons. The Labute approximate surface area is 152 Å². The summed E-state index contributed by atoms with van der Waals surface area (Å²) in [6, 6.07) is 0. The van der Waals surface area contributed by atoms with Gasteiger partial charge in [-0.05, 0) is 39.7 Å². The molecule has 0 bridgehead atoms. The minimum absolute atomic E-state index is 0.0121. The molecule has 1 heterocycles. The first kappa shape index (κ1) is 19.7. The van der Waals surface area contributed by atoms with Crippen molar-refractivity contribution in [1.29, 1.82) is 0 Å².